The number of hydrogen-bond acceptors (Lipinski definition) is 5. The fraction of sp³-hybridized carbons (Fsp3) is 0.500. The Morgan fingerprint density at radius 3 is 2.56 bits per heavy atom. The number of anilines is 2. The number of carbonyl (C=O) groups excluding carboxylic acids is 1. The molecule has 164 valence electrons. The number of nitrogen functional groups attached to an aromatic ring is 1. The molecule has 1 aliphatic heterocycles. The molecule has 0 bridgehead atoms. The maximum atomic E-state index is 12.9. The Morgan fingerprint density at radius 2 is 1.91 bits per heavy atom. The molecule has 6 heteroatoms. The molecule has 6 nitrogen and oxygen atoms in total. The first-order valence-corrected chi connectivity index (χ1v) is 12.0. The predicted octanol–water partition coefficient (Wildman–Crippen LogP) is 3.92. The van der Waals surface area contributed by atoms with E-state index in [9.17, 15) is 10.1 Å². The van der Waals surface area contributed by atoms with Crippen molar-refractivity contribution in [2.45, 2.75) is 50.5 Å². The second kappa shape index (κ2) is 7.51. The van der Waals surface area contributed by atoms with Crippen molar-refractivity contribution in [3.8, 4) is 17.2 Å². The lowest BCUT2D eigenvalue weighted by atomic mass is 9.98. The van der Waals surface area contributed by atoms with Crippen LogP contribution in [0.1, 0.15) is 55.7 Å². The van der Waals surface area contributed by atoms with Crippen LogP contribution in [0.4, 0.5) is 11.5 Å². The van der Waals surface area contributed by atoms with Crippen LogP contribution in [0, 0.1) is 23.2 Å². The fourth-order valence-electron chi connectivity index (χ4n) is 5.17. The van der Waals surface area contributed by atoms with Crippen molar-refractivity contribution in [2.24, 2.45) is 11.8 Å². The first-order chi connectivity index (χ1) is 15.6. The highest BCUT2D eigenvalue weighted by Gasteiger charge is 2.45. The van der Waals surface area contributed by atoms with Crippen molar-refractivity contribution < 1.29 is 4.79 Å². The van der Waals surface area contributed by atoms with Crippen molar-refractivity contribution in [1.82, 2.24) is 9.88 Å². The van der Waals surface area contributed by atoms with E-state index in [1.54, 1.807) is 0 Å². The standard InChI is InChI=1S/C26H29N5O/c27-14-20-13-22(19-2-1-3-21(28)12-19)24(17-6-7-17)29-25(20)30-10-11-31(26(32)18-8-9-18)23(15-30)16-4-5-16/h1-3,12-13,16-18,23H,4-11,15,28H2. The molecule has 0 radical (unpaired) electrons. The summed E-state index contributed by atoms with van der Waals surface area (Å²) in [6, 6.07) is 12.5. The van der Waals surface area contributed by atoms with Gasteiger partial charge in [-0.25, -0.2) is 4.98 Å². The minimum atomic E-state index is 0.253. The van der Waals surface area contributed by atoms with Crippen LogP contribution in [0.5, 0.6) is 0 Å². The summed E-state index contributed by atoms with van der Waals surface area (Å²) in [4.78, 5) is 22.4. The lowest BCUT2D eigenvalue weighted by molar-refractivity contribution is -0.135. The minimum Gasteiger partial charge on any atom is -0.399 e. The molecule has 3 aliphatic carbocycles. The number of pyridine rings is 1. The third-order valence-electron chi connectivity index (χ3n) is 7.41. The molecular weight excluding hydrogens is 398 g/mol. The van der Waals surface area contributed by atoms with E-state index in [0.29, 0.717) is 23.3 Å². The summed E-state index contributed by atoms with van der Waals surface area (Å²) < 4.78 is 0. The van der Waals surface area contributed by atoms with E-state index in [0.717, 1.165) is 73.6 Å². The largest absolute Gasteiger partial charge is 0.399 e. The van der Waals surface area contributed by atoms with Crippen LogP contribution in [0.3, 0.4) is 0 Å². The average molecular weight is 428 g/mol. The normalized spacial score (nSPS) is 23.2. The van der Waals surface area contributed by atoms with Gasteiger partial charge in [0.25, 0.3) is 0 Å². The lowest BCUT2D eigenvalue weighted by Gasteiger charge is -2.43. The number of aromatic nitrogens is 1. The van der Waals surface area contributed by atoms with Crippen LogP contribution >= 0.6 is 0 Å². The molecule has 4 fully saturated rings. The molecule has 2 N–H and O–H groups in total. The zero-order valence-electron chi connectivity index (χ0n) is 18.3. The summed E-state index contributed by atoms with van der Waals surface area (Å²) in [5.41, 5.74) is 10.5. The maximum absolute atomic E-state index is 12.9. The van der Waals surface area contributed by atoms with Crippen molar-refractivity contribution in [3.63, 3.8) is 0 Å². The van der Waals surface area contributed by atoms with Crippen molar-refractivity contribution >= 4 is 17.4 Å². The SMILES string of the molecule is N#Cc1cc(-c2cccc(N)c2)c(C2CC2)nc1N1CCN(C(=O)C2CC2)C(C2CC2)C1. The molecule has 0 spiro atoms. The zero-order chi connectivity index (χ0) is 21.8. The first-order valence-electron chi connectivity index (χ1n) is 12.0. The van der Waals surface area contributed by atoms with Crippen molar-refractivity contribution in [3.05, 3.63) is 41.6 Å². The van der Waals surface area contributed by atoms with E-state index >= 15 is 0 Å². The van der Waals surface area contributed by atoms with E-state index < -0.39 is 0 Å². The summed E-state index contributed by atoms with van der Waals surface area (Å²) in [6.45, 7) is 2.26. The Balaban J connectivity index is 1.35. The second-order valence-electron chi connectivity index (χ2n) is 9.96. The van der Waals surface area contributed by atoms with Crippen molar-refractivity contribution in [1.29, 1.82) is 5.26 Å². The average Bonchev–Trinajstić information content (AvgIpc) is 3.66. The molecule has 32 heavy (non-hydrogen) atoms. The topological polar surface area (TPSA) is 86.2 Å². The number of piperazine rings is 1. The zero-order valence-corrected chi connectivity index (χ0v) is 18.3. The molecule has 1 aromatic heterocycles. The van der Waals surface area contributed by atoms with Gasteiger partial charge in [-0.15, -0.1) is 0 Å². The minimum absolute atomic E-state index is 0.253. The van der Waals surface area contributed by atoms with Crippen LogP contribution in [0.2, 0.25) is 0 Å². The van der Waals surface area contributed by atoms with Crippen LogP contribution in [0.25, 0.3) is 11.1 Å². The molecule has 1 unspecified atom stereocenters. The quantitative estimate of drug-likeness (QED) is 0.731. The first kappa shape index (κ1) is 19.6. The predicted molar refractivity (Wildman–Crippen MR) is 124 cm³/mol. The summed E-state index contributed by atoms with van der Waals surface area (Å²) in [5.74, 6) is 2.46. The molecule has 4 aliphatic rings. The van der Waals surface area contributed by atoms with E-state index in [1.807, 2.05) is 30.3 Å². The van der Waals surface area contributed by atoms with Gasteiger partial charge >= 0.3 is 0 Å². The van der Waals surface area contributed by atoms with E-state index in [4.69, 9.17) is 10.7 Å². The molecule has 1 saturated heterocycles. The molecule has 2 aromatic rings. The third-order valence-corrected chi connectivity index (χ3v) is 7.41. The maximum Gasteiger partial charge on any atom is 0.226 e. The molecular formula is C26H29N5O. The number of amides is 1. The Kier molecular flexibility index (Phi) is 4.60. The Bertz CT molecular complexity index is 1110. The smallest absolute Gasteiger partial charge is 0.226 e. The number of benzene rings is 1. The second-order valence-corrected chi connectivity index (χ2v) is 9.96. The van der Waals surface area contributed by atoms with Gasteiger partial charge in [0.1, 0.15) is 11.9 Å². The molecule has 1 aromatic carbocycles. The van der Waals surface area contributed by atoms with Gasteiger partial charge in [0, 0.05) is 42.7 Å². The Morgan fingerprint density at radius 1 is 1.09 bits per heavy atom. The lowest BCUT2D eigenvalue weighted by Crippen LogP contribution is -2.57. The molecule has 1 amide bonds. The van der Waals surface area contributed by atoms with Gasteiger partial charge in [-0.1, -0.05) is 12.1 Å². The van der Waals surface area contributed by atoms with Gasteiger partial charge in [0.05, 0.1) is 17.3 Å². The number of rotatable bonds is 5. The van der Waals surface area contributed by atoms with Crippen LogP contribution in [-0.2, 0) is 4.79 Å². The highest BCUT2D eigenvalue weighted by atomic mass is 16.2. The number of nitrogens with zero attached hydrogens (tertiary/aromatic N) is 4. The Labute approximate surface area is 189 Å². The van der Waals surface area contributed by atoms with Gasteiger partial charge in [0.2, 0.25) is 5.91 Å². The number of carbonyl (C=O) groups is 1. The third kappa shape index (κ3) is 3.60. The molecule has 3 saturated carbocycles. The van der Waals surface area contributed by atoms with Gasteiger partial charge < -0.3 is 15.5 Å². The summed E-state index contributed by atoms with van der Waals surface area (Å²) in [6.07, 6.45) is 6.78. The van der Waals surface area contributed by atoms with Gasteiger partial charge in [-0.05, 0) is 68.2 Å². The number of hydrogen-bond donors (Lipinski definition) is 1. The monoisotopic (exact) mass is 427 g/mol. The molecule has 6 rings (SSSR count). The fourth-order valence-corrected chi connectivity index (χ4v) is 5.17. The van der Waals surface area contributed by atoms with Gasteiger partial charge in [-0.2, -0.15) is 5.26 Å². The van der Waals surface area contributed by atoms with E-state index in [2.05, 4.69) is 15.9 Å². The highest BCUT2D eigenvalue weighted by Crippen LogP contribution is 2.46. The van der Waals surface area contributed by atoms with Gasteiger partial charge in [-0.3, -0.25) is 4.79 Å². The van der Waals surface area contributed by atoms with Crippen molar-refractivity contribution in [2.75, 3.05) is 30.3 Å². The highest BCUT2D eigenvalue weighted by molar-refractivity contribution is 5.82. The van der Waals surface area contributed by atoms with Crippen LogP contribution in [0.15, 0.2) is 30.3 Å². The number of nitriles is 1. The molecule has 1 atom stereocenters. The van der Waals surface area contributed by atoms with Crippen LogP contribution in [-0.4, -0.2) is 41.5 Å². The summed E-state index contributed by atoms with van der Waals surface area (Å²) in [7, 11) is 0. The summed E-state index contributed by atoms with van der Waals surface area (Å²) >= 11 is 0. The van der Waals surface area contributed by atoms with Crippen LogP contribution < -0.4 is 10.6 Å². The molecule has 2 heterocycles. The number of nitrogens with two attached hydrogens (primary N) is 1. The summed E-state index contributed by atoms with van der Waals surface area (Å²) in [5, 5.41) is 10.0. The van der Waals surface area contributed by atoms with E-state index in [-0.39, 0.29) is 12.0 Å². The Hall–Kier alpha value is -3.07. The van der Waals surface area contributed by atoms with E-state index in [1.165, 1.54) is 12.8 Å². The van der Waals surface area contributed by atoms with Gasteiger partial charge in [0.15, 0.2) is 0 Å².